The van der Waals surface area contributed by atoms with Gasteiger partial charge in [0.05, 0.1) is 5.71 Å². The molecule has 0 atom stereocenters. The molecule has 1 heterocycles. The summed E-state index contributed by atoms with van der Waals surface area (Å²) < 4.78 is 0. The number of aryl methyl sites for hydroxylation is 2. The van der Waals surface area contributed by atoms with Crippen LogP contribution in [0.2, 0.25) is 0 Å². The monoisotopic (exact) mass is 258 g/mol. The Hall–Kier alpha value is -1.51. The van der Waals surface area contributed by atoms with Gasteiger partial charge in [-0.2, -0.15) is 0 Å². The minimum atomic E-state index is -0.0142. The Balaban J connectivity index is 1.86. The van der Waals surface area contributed by atoms with Crippen molar-refractivity contribution < 1.29 is 4.84 Å². The van der Waals surface area contributed by atoms with Crippen molar-refractivity contribution in [2.75, 3.05) is 5.73 Å². The maximum Gasteiger partial charge on any atom is 0.143 e. The van der Waals surface area contributed by atoms with E-state index >= 15 is 0 Å². The zero-order valence-electron chi connectivity index (χ0n) is 11.8. The van der Waals surface area contributed by atoms with E-state index in [4.69, 9.17) is 10.6 Å². The van der Waals surface area contributed by atoms with Gasteiger partial charge in [-0.25, -0.2) is 0 Å². The Kier molecular flexibility index (Phi) is 3.00. The third kappa shape index (κ3) is 2.22. The fourth-order valence-corrected chi connectivity index (χ4v) is 3.31. The molecule has 0 saturated heterocycles. The summed E-state index contributed by atoms with van der Waals surface area (Å²) in [6, 6.07) is 4.19. The summed E-state index contributed by atoms with van der Waals surface area (Å²) in [5.74, 6) is 0. The third-order valence-electron chi connectivity index (χ3n) is 4.53. The van der Waals surface area contributed by atoms with Crippen molar-refractivity contribution in [2.24, 2.45) is 5.16 Å². The number of hydrogen-bond donors (Lipinski definition) is 1. The lowest BCUT2D eigenvalue weighted by molar-refractivity contribution is -0.0449. The van der Waals surface area contributed by atoms with E-state index in [-0.39, 0.29) is 5.60 Å². The Labute approximate surface area is 114 Å². The molecule has 3 rings (SSSR count). The number of rotatable bonds is 1. The van der Waals surface area contributed by atoms with E-state index in [1.165, 1.54) is 24.8 Å². The largest absolute Gasteiger partial charge is 0.398 e. The van der Waals surface area contributed by atoms with Crippen LogP contribution >= 0.6 is 0 Å². The van der Waals surface area contributed by atoms with Crippen molar-refractivity contribution in [3.63, 3.8) is 0 Å². The van der Waals surface area contributed by atoms with Gasteiger partial charge in [-0.05, 0) is 56.7 Å². The Morgan fingerprint density at radius 2 is 1.84 bits per heavy atom. The highest BCUT2D eigenvalue weighted by atomic mass is 16.7. The SMILES string of the molecule is Cc1cc(C)c(C2=NOC3(CCCCC3)C2)cc1N. The molecular formula is C16H22N2O. The molecular weight excluding hydrogens is 236 g/mol. The lowest BCUT2D eigenvalue weighted by Crippen LogP contribution is -2.31. The number of nitrogens with two attached hydrogens (primary N) is 1. The zero-order valence-corrected chi connectivity index (χ0v) is 11.8. The third-order valence-corrected chi connectivity index (χ3v) is 4.53. The van der Waals surface area contributed by atoms with Gasteiger partial charge in [-0.15, -0.1) is 0 Å². The van der Waals surface area contributed by atoms with Gasteiger partial charge in [0, 0.05) is 17.7 Å². The van der Waals surface area contributed by atoms with E-state index in [1.807, 2.05) is 6.92 Å². The minimum Gasteiger partial charge on any atom is -0.398 e. The molecule has 1 spiro atoms. The van der Waals surface area contributed by atoms with Crippen LogP contribution in [0.1, 0.15) is 55.2 Å². The molecule has 1 aliphatic heterocycles. The second kappa shape index (κ2) is 4.55. The maximum absolute atomic E-state index is 6.03. The standard InChI is InChI=1S/C16H22N2O/c1-11-8-12(2)14(17)9-13(11)15-10-16(19-18-15)6-4-3-5-7-16/h8-9H,3-7,10,17H2,1-2H3. The normalized spacial score (nSPS) is 21.3. The van der Waals surface area contributed by atoms with Crippen molar-refractivity contribution >= 4 is 11.4 Å². The predicted octanol–water partition coefficient (Wildman–Crippen LogP) is 3.71. The Morgan fingerprint density at radius 3 is 2.58 bits per heavy atom. The molecule has 0 bridgehead atoms. The summed E-state index contributed by atoms with van der Waals surface area (Å²) in [6.07, 6.45) is 7.07. The summed E-state index contributed by atoms with van der Waals surface area (Å²) >= 11 is 0. The highest BCUT2D eigenvalue weighted by Crippen LogP contribution is 2.40. The molecule has 0 unspecified atom stereocenters. The lowest BCUT2D eigenvalue weighted by Gasteiger charge is -2.30. The summed E-state index contributed by atoms with van der Waals surface area (Å²) in [6.45, 7) is 4.16. The Bertz CT molecular complexity index is 528. The number of nitrogen functional groups attached to an aromatic ring is 1. The van der Waals surface area contributed by atoms with Crippen LogP contribution < -0.4 is 5.73 Å². The number of oxime groups is 1. The highest BCUT2D eigenvalue weighted by Gasteiger charge is 2.40. The first-order chi connectivity index (χ1) is 9.10. The second-order valence-corrected chi connectivity index (χ2v) is 6.07. The molecule has 19 heavy (non-hydrogen) atoms. The summed E-state index contributed by atoms with van der Waals surface area (Å²) in [4.78, 5) is 5.82. The van der Waals surface area contributed by atoms with E-state index in [9.17, 15) is 0 Å². The van der Waals surface area contributed by atoms with E-state index in [0.717, 1.165) is 41.8 Å². The number of hydrogen-bond acceptors (Lipinski definition) is 3. The van der Waals surface area contributed by atoms with E-state index in [0.29, 0.717) is 0 Å². The molecule has 1 aromatic rings. The fourth-order valence-electron chi connectivity index (χ4n) is 3.31. The minimum absolute atomic E-state index is 0.0142. The van der Waals surface area contributed by atoms with Crippen LogP contribution in [0.4, 0.5) is 5.69 Å². The van der Waals surface area contributed by atoms with Crippen molar-refractivity contribution in [2.45, 2.75) is 58.0 Å². The van der Waals surface area contributed by atoms with Crippen LogP contribution in [0.15, 0.2) is 17.3 Å². The van der Waals surface area contributed by atoms with Crippen LogP contribution in [0.3, 0.4) is 0 Å². The average Bonchev–Trinajstić information content (AvgIpc) is 2.78. The van der Waals surface area contributed by atoms with Crippen molar-refractivity contribution in [3.8, 4) is 0 Å². The predicted molar refractivity (Wildman–Crippen MR) is 78.4 cm³/mol. The van der Waals surface area contributed by atoms with Crippen molar-refractivity contribution in [1.29, 1.82) is 0 Å². The first-order valence-electron chi connectivity index (χ1n) is 7.22. The molecule has 2 aliphatic rings. The van der Waals surface area contributed by atoms with Crippen LogP contribution in [0.5, 0.6) is 0 Å². The molecule has 1 fully saturated rings. The van der Waals surface area contributed by atoms with Gasteiger partial charge < -0.3 is 10.6 Å². The van der Waals surface area contributed by atoms with Crippen molar-refractivity contribution in [1.82, 2.24) is 0 Å². The van der Waals surface area contributed by atoms with Gasteiger partial charge in [0.25, 0.3) is 0 Å². The summed E-state index contributed by atoms with van der Waals surface area (Å²) in [5, 5.41) is 4.38. The van der Waals surface area contributed by atoms with E-state index < -0.39 is 0 Å². The van der Waals surface area contributed by atoms with Gasteiger partial charge in [-0.3, -0.25) is 0 Å². The second-order valence-electron chi connectivity index (χ2n) is 6.07. The molecule has 3 nitrogen and oxygen atoms in total. The zero-order chi connectivity index (χ0) is 13.5. The number of anilines is 1. The molecule has 3 heteroatoms. The number of benzene rings is 1. The molecule has 1 aliphatic carbocycles. The topological polar surface area (TPSA) is 47.6 Å². The van der Waals surface area contributed by atoms with Gasteiger partial charge in [-0.1, -0.05) is 17.6 Å². The van der Waals surface area contributed by atoms with Crippen LogP contribution in [0, 0.1) is 13.8 Å². The summed E-state index contributed by atoms with van der Waals surface area (Å²) in [5.41, 5.74) is 11.5. The lowest BCUT2D eigenvalue weighted by atomic mass is 9.80. The van der Waals surface area contributed by atoms with Gasteiger partial charge in [0.1, 0.15) is 5.60 Å². The number of nitrogens with zero attached hydrogens (tertiary/aromatic N) is 1. The van der Waals surface area contributed by atoms with E-state index in [1.54, 1.807) is 0 Å². The van der Waals surface area contributed by atoms with Crippen LogP contribution in [0.25, 0.3) is 0 Å². The van der Waals surface area contributed by atoms with Crippen LogP contribution in [-0.2, 0) is 4.84 Å². The molecule has 1 saturated carbocycles. The first-order valence-corrected chi connectivity index (χ1v) is 7.22. The molecule has 0 aromatic heterocycles. The molecule has 0 amide bonds. The van der Waals surface area contributed by atoms with Gasteiger partial charge in [0.2, 0.25) is 0 Å². The molecule has 1 aromatic carbocycles. The molecule has 102 valence electrons. The van der Waals surface area contributed by atoms with E-state index in [2.05, 4.69) is 24.2 Å². The quantitative estimate of drug-likeness (QED) is 0.780. The fraction of sp³-hybridized carbons (Fsp3) is 0.562. The average molecular weight is 258 g/mol. The van der Waals surface area contributed by atoms with Crippen LogP contribution in [-0.4, -0.2) is 11.3 Å². The maximum atomic E-state index is 6.03. The first kappa shape index (κ1) is 12.5. The van der Waals surface area contributed by atoms with Crippen molar-refractivity contribution in [3.05, 3.63) is 28.8 Å². The summed E-state index contributed by atoms with van der Waals surface area (Å²) in [7, 11) is 0. The van der Waals surface area contributed by atoms with Gasteiger partial charge >= 0.3 is 0 Å². The smallest absolute Gasteiger partial charge is 0.143 e. The molecule has 0 radical (unpaired) electrons. The van der Waals surface area contributed by atoms with Gasteiger partial charge in [0.15, 0.2) is 0 Å². The highest BCUT2D eigenvalue weighted by molar-refractivity contribution is 6.03. The Morgan fingerprint density at radius 1 is 1.11 bits per heavy atom. The molecule has 2 N–H and O–H groups in total.